The number of ether oxygens (including phenoxy) is 1. The van der Waals surface area contributed by atoms with Crippen molar-refractivity contribution in [2.75, 3.05) is 18.5 Å². The van der Waals surface area contributed by atoms with Gasteiger partial charge in [-0.15, -0.1) is 0 Å². The Kier molecular flexibility index (Phi) is 5.25. The molecule has 0 saturated carbocycles. The number of aryl methyl sites for hydroxylation is 1. The minimum absolute atomic E-state index is 0.131. The Labute approximate surface area is 158 Å². The van der Waals surface area contributed by atoms with E-state index in [1.54, 1.807) is 6.07 Å². The second kappa shape index (κ2) is 7.96. The fourth-order valence-corrected chi connectivity index (χ4v) is 3.81. The molecule has 6 heteroatoms. The van der Waals surface area contributed by atoms with Crippen molar-refractivity contribution in [3.63, 3.8) is 0 Å². The van der Waals surface area contributed by atoms with Crippen molar-refractivity contribution in [3.8, 4) is 0 Å². The maximum absolute atomic E-state index is 12.1. The van der Waals surface area contributed by atoms with Crippen LogP contribution in [0.2, 0.25) is 0 Å². The van der Waals surface area contributed by atoms with Crippen LogP contribution in [0.15, 0.2) is 35.1 Å². The number of nitrogens with one attached hydrogen (secondary N) is 3. The molecule has 0 bridgehead atoms. The number of para-hydroxylation sites is 1. The summed E-state index contributed by atoms with van der Waals surface area (Å²) >= 11 is 0. The van der Waals surface area contributed by atoms with E-state index in [9.17, 15) is 4.79 Å². The molecule has 1 atom stereocenters. The number of aromatic nitrogens is 3. The molecule has 3 aromatic rings. The first-order valence-electron chi connectivity index (χ1n) is 9.71. The number of aromatic amines is 2. The Bertz CT molecular complexity index is 970. The van der Waals surface area contributed by atoms with Gasteiger partial charge in [-0.3, -0.25) is 9.78 Å². The van der Waals surface area contributed by atoms with Crippen molar-refractivity contribution >= 4 is 16.9 Å². The lowest BCUT2D eigenvalue weighted by Gasteiger charge is -2.22. The zero-order valence-corrected chi connectivity index (χ0v) is 15.7. The van der Waals surface area contributed by atoms with Gasteiger partial charge in [0.05, 0.1) is 11.8 Å². The Morgan fingerprint density at radius 3 is 3.00 bits per heavy atom. The van der Waals surface area contributed by atoms with Crippen LogP contribution >= 0.6 is 0 Å². The predicted molar refractivity (Wildman–Crippen MR) is 107 cm³/mol. The number of nitrogens with zero attached hydrogens (tertiary/aromatic N) is 1. The Morgan fingerprint density at radius 2 is 2.15 bits per heavy atom. The van der Waals surface area contributed by atoms with Gasteiger partial charge in [-0.25, -0.2) is 4.98 Å². The fraction of sp³-hybridized carbons (Fsp3) is 0.429. The van der Waals surface area contributed by atoms with Gasteiger partial charge in [0.1, 0.15) is 0 Å². The number of H-pyrrole nitrogens is 2. The lowest BCUT2D eigenvalue weighted by Crippen LogP contribution is -2.23. The molecule has 1 fully saturated rings. The molecule has 0 amide bonds. The van der Waals surface area contributed by atoms with Gasteiger partial charge in [0.25, 0.3) is 5.56 Å². The fourth-order valence-electron chi connectivity index (χ4n) is 3.81. The molecule has 0 radical (unpaired) electrons. The second-order valence-electron chi connectivity index (χ2n) is 7.24. The largest absolute Gasteiger partial charge is 0.378 e. The molecular weight excluding hydrogens is 340 g/mol. The van der Waals surface area contributed by atoms with E-state index in [1.165, 1.54) is 17.4 Å². The van der Waals surface area contributed by atoms with Crippen molar-refractivity contribution in [3.05, 3.63) is 57.6 Å². The van der Waals surface area contributed by atoms with E-state index in [0.717, 1.165) is 49.3 Å². The van der Waals surface area contributed by atoms with Gasteiger partial charge in [-0.2, -0.15) is 0 Å². The van der Waals surface area contributed by atoms with E-state index in [2.05, 4.69) is 39.3 Å². The highest BCUT2D eigenvalue weighted by atomic mass is 16.5. The number of fused-ring (bicyclic) bond motifs is 1. The zero-order chi connectivity index (χ0) is 18.6. The van der Waals surface area contributed by atoms with Crippen molar-refractivity contribution in [2.24, 2.45) is 0 Å². The second-order valence-corrected chi connectivity index (χ2v) is 7.24. The van der Waals surface area contributed by atoms with Gasteiger partial charge in [-0.05, 0) is 44.2 Å². The molecule has 1 unspecified atom stereocenters. The minimum atomic E-state index is -0.131. The maximum Gasteiger partial charge on any atom is 0.252 e. The summed E-state index contributed by atoms with van der Waals surface area (Å²) < 4.78 is 5.75. The summed E-state index contributed by atoms with van der Waals surface area (Å²) in [6, 6.07) is 9.80. The van der Waals surface area contributed by atoms with Gasteiger partial charge in [0, 0.05) is 42.2 Å². The van der Waals surface area contributed by atoms with Gasteiger partial charge >= 0.3 is 0 Å². The maximum atomic E-state index is 12.1. The van der Waals surface area contributed by atoms with Gasteiger partial charge in [-0.1, -0.05) is 18.2 Å². The van der Waals surface area contributed by atoms with Crippen LogP contribution in [0, 0.1) is 6.92 Å². The van der Waals surface area contributed by atoms with Crippen LogP contribution in [0.1, 0.15) is 42.6 Å². The number of benzene rings is 1. The summed E-state index contributed by atoms with van der Waals surface area (Å²) in [7, 11) is 0. The zero-order valence-electron chi connectivity index (χ0n) is 15.7. The summed E-state index contributed by atoms with van der Waals surface area (Å²) in [5, 5.41) is 4.43. The molecule has 4 rings (SSSR count). The van der Waals surface area contributed by atoms with E-state index in [1.807, 2.05) is 12.1 Å². The van der Waals surface area contributed by atoms with E-state index in [0.29, 0.717) is 18.5 Å². The number of hydrogen-bond donors (Lipinski definition) is 3. The summed E-state index contributed by atoms with van der Waals surface area (Å²) in [4.78, 5) is 22.9. The molecule has 1 aromatic carbocycles. The molecule has 3 N–H and O–H groups in total. The molecule has 3 heterocycles. The summed E-state index contributed by atoms with van der Waals surface area (Å²) in [5.41, 5.74) is 4.05. The molecule has 1 aliphatic heterocycles. The first kappa shape index (κ1) is 17.8. The Hall–Kier alpha value is -2.60. The predicted octanol–water partition coefficient (Wildman–Crippen LogP) is 3.52. The molecule has 6 nitrogen and oxygen atoms in total. The van der Waals surface area contributed by atoms with Crippen LogP contribution in [0.3, 0.4) is 0 Å². The molecular formula is C21H26N4O2. The first-order valence-corrected chi connectivity index (χ1v) is 9.71. The van der Waals surface area contributed by atoms with Crippen LogP contribution in [0.25, 0.3) is 10.9 Å². The molecule has 1 saturated heterocycles. The highest BCUT2D eigenvalue weighted by Crippen LogP contribution is 2.24. The summed E-state index contributed by atoms with van der Waals surface area (Å²) in [6.07, 6.45) is 5.38. The third-order valence-corrected chi connectivity index (χ3v) is 5.21. The average Bonchev–Trinajstić information content (AvgIpc) is 2.98. The molecule has 1 aliphatic rings. The summed E-state index contributed by atoms with van der Waals surface area (Å²) in [5.74, 6) is 0.533. The van der Waals surface area contributed by atoms with Crippen LogP contribution in [-0.2, 0) is 11.2 Å². The molecule has 0 spiro atoms. The molecule has 2 aromatic heterocycles. The summed E-state index contributed by atoms with van der Waals surface area (Å²) in [6.45, 7) is 3.66. The smallest absolute Gasteiger partial charge is 0.252 e. The van der Waals surface area contributed by atoms with E-state index in [4.69, 9.17) is 4.74 Å². The third kappa shape index (κ3) is 4.22. The monoisotopic (exact) mass is 366 g/mol. The standard InChI is InChI=1S/C21H26N4O2/c1-14-18(17-7-2-3-8-19(17)23-14)12-15-13-20(26)25-21(24-15)22-10-9-16-6-4-5-11-27-16/h2-3,7-8,13,16,23H,4-6,9-12H2,1H3,(H2,22,24,25,26). The lowest BCUT2D eigenvalue weighted by atomic mass is 10.1. The van der Waals surface area contributed by atoms with E-state index >= 15 is 0 Å². The Morgan fingerprint density at radius 1 is 1.26 bits per heavy atom. The molecule has 0 aliphatic carbocycles. The Balaban J connectivity index is 1.47. The SMILES string of the molecule is Cc1[nH]c2ccccc2c1Cc1cc(=O)[nH]c(NCCC2CCCCO2)n1. The van der Waals surface area contributed by atoms with Crippen LogP contribution in [-0.4, -0.2) is 34.2 Å². The van der Waals surface area contributed by atoms with Gasteiger partial charge < -0.3 is 15.0 Å². The van der Waals surface area contributed by atoms with Gasteiger partial charge in [0.2, 0.25) is 5.95 Å². The molecule has 142 valence electrons. The molecule has 27 heavy (non-hydrogen) atoms. The number of hydrogen-bond acceptors (Lipinski definition) is 4. The number of anilines is 1. The highest BCUT2D eigenvalue weighted by Gasteiger charge is 2.14. The average molecular weight is 366 g/mol. The van der Waals surface area contributed by atoms with Gasteiger partial charge in [0.15, 0.2) is 0 Å². The van der Waals surface area contributed by atoms with Crippen LogP contribution < -0.4 is 10.9 Å². The number of rotatable bonds is 6. The topological polar surface area (TPSA) is 82.8 Å². The normalized spacial score (nSPS) is 17.3. The van der Waals surface area contributed by atoms with Crippen molar-refractivity contribution in [1.82, 2.24) is 15.0 Å². The first-order chi connectivity index (χ1) is 13.2. The van der Waals surface area contributed by atoms with Crippen molar-refractivity contribution in [1.29, 1.82) is 0 Å². The third-order valence-electron chi connectivity index (χ3n) is 5.21. The van der Waals surface area contributed by atoms with Crippen molar-refractivity contribution in [2.45, 2.75) is 45.1 Å². The lowest BCUT2D eigenvalue weighted by molar-refractivity contribution is 0.0134. The highest BCUT2D eigenvalue weighted by molar-refractivity contribution is 5.84. The van der Waals surface area contributed by atoms with Crippen LogP contribution in [0.5, 0.6) is 0 Å². The quantitative estimate of drug-likeness (QED) is 0.623. The van der Waals surface area contributed by atoms with Crippen molar-refractivity contribution < 1.29 is 4.74 Å². The van der Waals surface area contributed by atoms with E-state index in [-0.39, 0.29) is 5.56 Å². The van der Waals surface area contributed by atoms with E-state index < -0.39 is 0 Å². The van der Waals surface area contributed by atoms with Crippen LogP contribution in [0.4, 0.5) is 5.95 Å². The minimum Gasteiger partial charge on any atom is -0.378 e.